The fourth-order valence-corrected chi connectivity index (χ4v) is 1.89. The Morgan fingerprint density at radius 2 is 1.09 bits per heavy atom. The normalized spacial score (nSPS) is 11.0. The van der Waals surface area contributed by atoms with Gasteiger partial charge in [0.2, 0.25) is 0 Å². The van der Waals surface area contributed by atoms with E-state index in [4.69, 9.17) is 9.47 Å². The van der Waals surface area contributed by atoms with Gasteiger partial charge in [-0.3, -0.25) is 0 Å². The van der Waals surface area contributed by atoms with Gasteiger partial charge in [-0.25, -0.2) is 4.79 Å². The molecule has 0 aliphatic heterocycles. The Morgan fingerprint density at radius 1 is 0.727 bits per heavy atom. The summed E-state index contributed by atoms with van der Waals surface area (Å²) in [6.45, 7) is 3.90. The van der Waals surface area contributed by atoms with Crippen molar-refractivity contribution >= 4 is 18.3 Å². The lowest BCUT2D eigenvalue weighted by molar-refractivity contribution is 0.152. The Hall–Kier alpha value is -2.81. The Bertz CT molecular complexity index is 605. The Labute approximate surface area is 130 Å². The summed E-state index contributed by atoms with van der Waals surface area (Å²) in [4.78, 5) is 11.7. The van der Waals surface area contributed by atoms with Gasteiger partial charge < -0.3 is 9.47 Å². The minimum atomic E-state index is -0.752. The van der Waals surface area contributed by atoms with Gasteiger partial charge in [-0.1, -0.05) is 48.6 Å². The zero-order chi connectivity index (χ0) is 15.8. The number of benzene rings is 2. The standard InChI is InChI=1S/C19H18O3/c1-3-5-15-7-11-17(12-8-15)21-19(20)22-18-13-9-16(6-4-2)10-14-18/h3-14H,1-2H3. The molecule has 0 bridgehead atoms. The third-order valence-electron chi connectivity index (χ3n) is 2.88. The minimum Gasteiger partial charge on any atom is -0.395 e. The highest BCUT2D eigenvalue weighted by Gasteiger charge is 2.07. The molecule has 0 saturated carbocycles. The second-order valence-electron chi connectivity index (χ2n) is 4.59. The van der Waals surface area contributed by atoms with Gasteiger partial charge >= 0.3 is 6.16 Å². The van der Waals surface area contributed by atoms with Crippen LogP contribution in [0.4, 0.5) is 4.79 Å². The molecule has 0 atom stereocenters. The number of ether oxygens (including phenoxy) is 2. The van der Waals surface area contributed by atoms with Crippen LogP contribution in [0.25, 0.3) is 12.2 Å². The summed E-state index contributed by atoms with van der Waals surface area (Å²) in [6.07, 6.45) is 7.07. The van der Waals surface area contributed by atoms with Crippen LogP contribution in [0.3, 0.4) is 0 Å². The van der Waals surface area contributed by atoms with Crippen LogP contribution in [0, 0.1) is 0 Å². The second-order valence-corrected chi connectivity index (χ2v) is 4.59. The molecule has 0 N–H and O–H groups in total. The number of allylic oxidation sites excluding steroid dienone is 2. The summed E-state index contributed by atoms with van der Waals surface area (Å²) in [7, 11) is 0. The monoisotopic (exact) mass is 294 g/mol. The van der Waals surface area contributed by atoms with Crippen molar-refractivity contribution in [1.82, 2.24) is 0 Å². The lowest BCUT2D eigenvalue weighted by Gasteiger charge is -2.06. The summed E-state index contributed by atoms with van der Waals surface area (Å²) < 4.78 is 10.3. The topological polar surface area (TPSA) is 35.5 Å². The van der Waals surface area contributed by atoms with Crippen molar-refractivity contribution in [3.8, 4) is 11.5 Å². The summed E-state index contributed by atoms with van der Waals surface area (Å²) in [5.74, 6) is 0.896. The van der Waals surface area contributed by atoms with Gasteiger partial charge in [-0.2, -0.15) is 0 Å². The van der Waals surface area contributed by atoms with Gasteiger partial charge in [0, 0.05) is 0 Å². The maximum Gasteiger partial charge on any atom is 0.519 e. The van der Waals surface area contributed by atoms with Gasteiger partial charge in [0.1, 0.15) is 11.5 Å². The van der Waals surface area contributed by atoms with E-state index >= 15 is 0 Å². The van der Waals surface area contributed by atoms with Crippen molar-refractivity contribution in [3.05, 3.63) is 71.8 Å². The number of hydrogen-bond acceptors (Lipinski definition) is 3. The van der Waals surface area contributed by atoms with Crippen molar-refractivity contribution in [3.63, 3.8) is 0 Å². The highest BCUT2D eigenvalue weighted by Crippen LogP contribution is 2.17. The first-order valence-corrected chi connectivity index (χ1v) is 7.06. The average molecular weight is 294 g/mol. The summed E-state index contributed by atoms with van der Waals surface area (Å²) in [6, 6.07) is 14.4. The first-order valence-electron chi connectivity index (χ1n) is 7.06. The number of carbonyl (C=O) groups excluding carboxylic acids is 1. The molecule has 0 radical (unpaired) electrons. The number of carbonyl (C=O) groups is 1. The predicted molar refractivity (Wildman–Crippen MR) is 89.0 cm³/mol. The molecule has 3 nitrogen and oxygen atoms in total. The fourth-order valence-electron chi connectivity index (χ4n) is 1.89. The van der Waals surface area contributed by atoms with E-state index in [1.54, 1.807) is 24.3 Å². The summed E-state index contributed by atoms with van der Waals surface area (Å²) >= 11 is 0. The molecule has 2 aromatic rings. The quantitative estimate of drug-likeness (QED) is 0.564. The number of rotatable bonds is 4. The Morgan fingerprint density at radius 3 is 1.41 bits per heavy atom. The molecule has 2 rings (SSSR count). The predicted octanol–water partition coefficient (Wildman–Crippen LogP) is 5.33. The van der Waals surface area contributed by atoms with Crippen LogP contribution < -0.4 is 9.47 Å². The van der Waals surface area contributed by atoms with Crippen molar-refractivity contribution in [2.24, 2.45) is 0 Å². The number of hydrogen-bond donors (Lipinski definition) is 0. The van der Waals surface area contributed by atoms with Gasteiger partial charge in [0.15, 0.2) is 0 Å². The Balaban J connectivity index is 1.94. The molecule has 2 aromatic carbocycles. The van der Waals surface area contributed by atoms with Crippen molar-refractivity contribution in [1.29, 1.82) is 0 Å². The molecule has 0 aliphatic rings. The zero-order valence-electron chi connectivity index (χ0n) is 12.7. The van der Waals surface area contributed by atoms with E-state index in [2.05, 4.69) is 0 Å². The molecule has 22 heavy (non-hydrogen) atoms. The van der Waals surface area contributed by atoms with Crippen LogP contribution in [0.2, 0.25) is 0 Å². The summed E-state index contributed by atoms with van der Waals surface area (Å²) in [5, 5.41) is 0. The van der Waals surface area contributed by atoms with Crippen LogP contribution in [-0.4, -0.2) is 6.16 Å². The van der Waals surface area contributed by atoms with Gasteiger partial charge in [-0.05, 0) is 49.2 Å². The SMILES string of the molecule is CC=Cc1ccc(OC(=O)Oc2ccc(C=CC)cc2)cc1. The lowest BCUT2D eigenvalue weighted by Crippen LogP contribution is -2.13. The van der Waals surface area contributed by atoms with E-state index in [-0.39, 0.29) is 0 Å². The van der Waals surface area contributed by atoms with Gasteiger partial charge in [0.05, 0.1) is 0 Å². The highest BCUT2D eigenvalue weighted by atomic mass is 16.7. The molecule has 112 valence electrons. The minimum absolute atomic E-state index is 0.448. The molecule has 0 fully saturated rings. The molecular formula is C19H18O3. The lowest BCUT2D eigenvalue weighted by atomic mass is 10.2. The van der Waals surface area contributed by atoms with E-state index in [1.807, 2.05) is 62.4 Å². The molecule has 0 saturated heterocycles. The molecule has 0 aliphatic carbocycles. The molecule has 0 heterocycles. The third-order valence-corrected chi connectivity index (χ3v) is 2.88. The summed E-state index contributed by atoms with van der Waals surface area (Å²) in [5.41, 5.74) is 2.09. The molecule has 0 unspecified atom stereocenters. The first-order chi connectivity index (χ1) is 10.7. The largest absolute Gasteiger partial charge is 0.519 e. The van der Waals surface area contributed by atoms with E-state index in [1.165, 1.54) is 0 Å². The van der Waals surface area contributed by atoms with Crippen LogP contribution >= 0.6 is 0 Å². The average Bonchev–Trinajstić information content (AvgIpc) is 2.52. The van der Waals surface area contributed by atoms with Crippen LogP contribution in [0.5, 0.6) is 11.5 Å². The molecular weight excluding hydrogens is 276 g/mol. The fraction of sp³-hybridized carbons (Fsp3) is 0.105. The highest BCUT2D eigenvalue weighted by molar-refractivity contribution is 5.67. The molecule has 0 aromatic heterocycles. The van der Waals surface area contributed by atoms with Crippen molar-refractivity contribution in [2.45, 2.75) is 13.8 Å². The maximum atomic E-state index is 11.7. The first kappa shape index (κ1) is 15.6. The molecule has 0 amide bonds. The van der Waals surface area contributed by atoms with Crippen LogP contribution in [0.1, 0.15) is 25.0 Å². The van der Waals surface area contributed by atoms with Crippen molar-refractivity contribution in [2.75, 3.05) is 0 Å². The smallest absolute Gasteiger partial charge is 0.395 e. The molecule has 3 heteroatoms. The van der Waals surface area contributed by atoms with E-state index < -0.39 is 6.16 Å². The van der Waals surface area contributed by atoms with Crippen LogP contribution in [0.15, 0.2) is 60.7 Å². The Kier molecular flexibility index (Phi) is 5.55. The third kappa shape index (κ3) is 4.63. The maximum absolute atomic E-state index is 11.7. The van der Waals surface area contributed by atoms with E-state index in [0.29, 0.717) is 11.5 Å². The van der Waals surface area contributed by atoms with Gasteiger partial charge in [0.25, 0.3) is 0 Å². The zero-order valence-corrected chi connectivity index (χ0v) is 12.7. The second kappa shape index (κ2) is 7.84. The van der Waals surface area contributed by atoms with E-state index in [0.717, 1.165) is 11.1 Å². The van der Waals surface area contributed by atoms with Crippen LogP contribution in [-0.2, 0) is 0 Å². The molecule has 0 spiro atoms. The van der Waals surface area contributed by atoms with Gasteiger partial charge in [-0.15, -0.1) is 0 Å². The van der Waals surface area contributed by atoms with E-state index in [9.17, 15) is 4.79 Å². The van der Waals surface area contributed by atoms with Crippen molar-refractivity contribution < 1.29 is 14.3 Å².